The molecule has 0 unspecified atom stereocenters. The zero-order valence-corrected chi connectivity index (χ0v) is 15.5. The molecule has 148 valence electrons. The van der Waals surface area contributed by atoms with Gasteiger partial charge in [0.2, 0.25) is 10.0 Å². The molecule has 0 bridgehead atoms. The maximum atomic E-state index is 12.7. The number of nitro groups is 1. The molecule has 0 saturated carbocycles. The van der Waals surface area contributed by atoms with Crippen LogP contribution in [-0.2, 0) is 14.8 Å². The minimum atomic E-state index is -3.85. The molecule has 0 radical (unpaired) electrons. The lowest BCUT2D eigenvalue weighted by molar-refractivity contribution is -0.384. The lowest BCUT2D eigenvalue weighted by atomic mass is 10.2. The van der Waals surface area contributed by atoms with Crippen LogP contribution >= 0.6 is 0 Å². The first-order chi connectivity index (χ1) is 13.4. The summed E-state index contributed by atoms with van der Waals surface area (Å²) >= 11 is 0. The van der Waals surface area contributed by atoms with E-state index in [0.717, 1.165) is 6.07 Å². The number of phenolic OH excluding ortho intramolecular Hbond substituents is 1. The number of hydrogen-bond donors (Lipinski definition) is 2. The van der Waals surface area contributed by atoms with Gasteiger partial charge in [-0.05, 0) is 24.3 Å². The summed E-state index contributed by atoms with van der Waals surface area (Å²) in [6, 6.07) is 10.0. The lowest BCUT2D eigenvalue weighted by Crippen LogP contribution is -2.40. The predicted molar refractivity (Wildman–Crippen MR) is 102 cm³/mol. The first kappa shape index (κ1) is 19.7. The highest BCUT2D eigenvalue weighted by molar-refractivity contribution is 7.89. The summed E-state index contributed by atoms with van der Waals surface area (Å²) in [6.45, 7) is 0.950. The number of rotatable bonds is 6. The molecule has 2 aromatic carbocycles. The van der Waals surface area contributed by atoms with Crippen LogP contribution in [0, 0.1) is 10.1 Å². The molecule has 2 N–H and O–H groups in total. The van der Waals surface area contributed by atoms with E-state index in [0.29, 0.717) is 5.56 Å². The van der Waals surface area contributed by atoms with Crippen molar-refractivity contribution in [3.63, 3.8) is 0 Å². The second-order valence-electron chi connectivity index (χ2n) is 5.88. The van der Waals surface area contributed by atoms with E-state index in [4.69, 9.17) is 4.74 Å². The Morgan fingerprint density at radius 3 is 2.61 bits per heavy atom. The van der Waals surface area contributed by atoms with Crippen LogP contribution in [0.1, 0.15) is 5.56 Å². The van der Waals surface area contributed by atoms with Crippen molar-refractivity contribution in [2.45, 2.75) is 4.90 Å². The number of nitrogens with one attached hydrogen (secondary N) is 1. The molecule has 1 saturated heterocycles. The number of anilines is 1. The fourth-order valence-electron chi connectivity index (χ4n) is 2.62. The van der Waals surface area contributed by atoms with Gasteiger partial charge in [0.05, 0.1) is 29.2 Å². The van der Waals surface area contributed by atoms with Crippen molar-refractivity contribution >= 4 is 27.6 Å². The molecule has 0 amide bonds. The van der Waals surface area contributed by atoms with E-state index < -0.39 is 20.6 Å². The van der Waals surface area contributed by atoms with Crippen molar-refractivity contribution in [2.24, 2.45) is 5.10 Å². The number of benzene rings is 2. The first-order valence-corrected chi connectivity index (χ1v) is 9.77. The highest BCUT2D eigenvalue weighted by Gasteiger charge is 2.28. The summed E-state index contributed by atoms with van der Waals surface area (Å²) in [4.78, 5) is 10.6. The summed E-state index contributed by atoms with van der Waals surface area (Å²) < 4.78 is 31.7. The highest BCUT2D eigenvalue weighted by Crippen LogP contribution is 2.29. The summed E-state index contributed by atoms with van der Waals surface area (Å²) in [7, 11) is -3.85. The third-order valence-electron chi connectivity index (χ3n) is 4.10. The molecule has 1 aliphatic rings. The number of nitrogens with zero attached hydrogens (tertiary/aromatic N) is 3. The van der Waals surface area contributed by atoms with E-state index in [1.807, 2.05) is 0 Å². The average Bonchev–Trinajstić information content (AvgIpc) is 2.70. The molecule has 0 aliphatic carbocycles. The number of nitro benzene ring substituents is 1. The fourth-order valence-corrected chi connectivity index (χ4v) is 4.05. The Kier molecular flexibility index (Phi) is 5.87. The van der Waals surface area contributed by atoms with E-state index in [9.17, 15) is 23.6 Å². The minimum absolute atomic E-state index is 0.00880. The summed E-state index contributed by atoms with van der Waals surface area (Å²) in [6.07, 6.45) is 1.30. The third-order valence-corrected chi connectivity index (χ3v) is 5.99. The zero-order valence-electron chi connectivity index (χ0n) is 14.7. The Balaban J connectivity index is 1.85. The summed E-state index contributed by atoms with van der Waals surface area (Å²) in [5.74, 6) is 0.00880. The molecule has 1 fully saturated rings. The van der Waals surface area contributed by atoms with Gasteiger partial charge in [-0.3, -0.25) is 15.5 Å². The van der Waals surface area contributed by atoms with Crippen molar-refractivity contribution in [2.75, 3.05) is 31.7 Å². The normalized spacial score (nSPS) is 15.6. The van der Waals surface area contributed by atoms with Crippen molar-refractivity contribution in [1.29, 1.82) is 0 Å². The van der Waals surface area contributed by atoms with Crippen molar-refractivity contribution in [3.8, 4) is 5.75 Å². The van der Waals surface area contributed by atoms with Crippen LogP contribution in [0.4, 0.5) is 11.4 Å². The quantitative estimate of drug-likeness (QED) is 0.424. The predicted octanol–water partition coefficient (Wildman–Crippen LogP) is 1.77. The molecule has 11 heteroatoms. The van der Waals surface area contributed by atoms with Gasteiger partial charge in [-0.15, -0.1) is 0 Å². The Morgan fingerprint density at radius 1 is 1.21 bits per heavy atom. The Morgan fingerprint density at radius 2 is 1.93 bits per heavy atom. The standard InChI is InChI=1S/C17H18N4O6S/c22-17-4-2-1-3-13(17)12-18-19-15-6-5-14(11-16(15)21(23)24)28(25,26)20-7-9-27-10-8-20/h1-6,11-12,19,22H,7-10H2. The smallest absolute Gasteiger partial charge is 0.295 e. The molecule has 0 atom stereocenters. The van der Waals surface area contributed by atoms with Gasteiger partial charge >= 0.3 is 0 Å². The van der Waals surface area contributed by atoms with E-state index in [1.165, 1.54) is 28.7 Å². The van der Waals surface area contributed by atoms with Crippen LogP contribution in [0.15, 0.2) is 52.5 Å². The van der Waals surface area contributed by atoms with Crippen LogP contribution in [0.25, 0.3) is 0 Å². The second kappa shape index (κ2) is 8.33. The van der Waals surface area contributed by atoms with Gasteiger partial charge in [0, 0.05) is 24.7 Å². The van der Waals surface area contributed by atoms with Crippen LogP contribution in [-0.4, -0.2) is 55.3 Å². The third kappa shape index (κ3) is 4.27. The Bertz CT molecular complexity index is 1000. The van der Waals surface area contributed by atoms with Crippen LogP contribution in [0.3, 0.4) is 0 Å². The Labute approximate surface area is 161 Å². The van der Waals surface area contributed by atoms with Crippen molar-refractivity contribution < 1.29 is 23.2 Å². The first-order valence-electron chi connectivity index (χ1n) is 8.33. The van der Waals surface area contributed by atoms with Crippen LogP contribution in [0.5, 0.6) is 5.75 Å². The van der Waals surface area contributed by atoms with Crippen molar-refractivity contribution in [1.82, 2.24) is 4.31 Å². The van der Waals surface area contributed by atoms with E-state index >= 15 is 0 Å². The number of aromatic hydroxyl groups is 1. The average molecular weight is 406 g/mol. The van der Waals surface area contributed by atoms with Gasteiger partial charge in [-0.25, -0.2) is 8.42 Å². The minimum Gasteiger partial charge on any atom is -0.507 e. The number of sulfonamides is 1. The van der Waals surface area contributed by atoms with Crippen LogP contribution < -0.4 is 5.43 Å². The molecule has 0 spiro atoms. The lowest BCUT2D eigenvalue weighted by Gasteiger charge is -2.26. The Hall–Kier alpha value is -3.02. The molecule has 0 aromatic heterocycles. The molecule has 1 heterocycles. The molecule has 10 nitrogen and oxygen atoms in total. The number of hydrogen-bond acceptors (Lipinski definition) is 8. The zero-order chi connectivity index (χ0) is 20.1. The molecule has 1 aliphatic heterocycles. The largest absolute Gasteiger partial charge is 0.507 e. The van der Waals surface area contributed by atoms with Gasteiger partial charge in [0.1, 0.15) is 11.4 Å². The van der Waals surface area contributed by atoms with Gasteiger partial charge in [-0.2, -0.15) is 9.41 Å². The SMILES string of the molecule is O=[N+]([O-])c1cc(S(=O)(=O)N2CCOCC2)ccc1NN=Cc1ccccc1O. The molecule has 2 aromatic rings. The maximum Gasteiger partial charge on any atom is 0.295 e. The maximum absolute atomic E-state index is 12.7. The number of ether oxygens (including phenoxy) is 1. The number of phenols is 1. The van der Waals surface area contributed by atoms with Gasteiger partial charge in [-0.1, -0.05) is 12.1 Å². The fraction of sp³-hybridized carbons (Fsp3) is 0.235. The van der Waals surface area contributed by atoms with E-state index in [1.54, 1.807) is 18.2 Å². The summed E-state index contributed by atoms with van der Waals surface area (Å²) in [5, 5.41) is 25.0. The number of morpholine rings is 1. The number of para-hydroxylation sites is 1. The van der Waals surface area contributed by atoms with Gasteiger partial charge < -0.3 is 9.84 Å². The van der Waals surface area contributed by atoms with Gasteiger partial charge in [0.25, 0.3) is 5.69 Å². The molecular weight excluding hydrogens is 388 g/mol. The monoisotopic (exact) mass is 406 g/mol. The summed E-state index contributed by atoms with van der Waals surface area (Å²) in [5.41, 5.74) is 2.54. The molecule has 3 rings (SSSR count). The second-order valence-corrected chi connectivity index (χ2v) is 7.82. The molecular formula is C17H18N4O6S. The van der Waals surface area contributed by atoms with Gasteiger partial charge in [0.15, 0.2) is 0 Å². The number of hydrazone groups is 1. The van der Waals surface area contributed by atoms with E-state index in [-0.39, 0.29) is 42.6 Å². The molecule has 28 heavy (non-hydrogen) atoms. The highest BCUT2D eigenvalue weighted by atomic mass is 32.2. The van der Waals surface area contributed by atoms with E-state index in [2.05, 4.69) is 10.5 Å². The topological polar surface area (TPSA) is 134 Å². The van der Waals surface area contributed by atoms with Crippen molar-refractivity contribution in [3.05, 3.63) is 58.1 Å². The van der Waals surface area contributed by atoms with Crippen LogP contribution in [0.2, 0.25) is 0 Å².